The third-order valence-corrected chi connectivity index (χ3v) is 6.65. The van der Waals surface area contributed by atoms with E-state index in [0.29, 0.717) is 11.3 Å². The van der Waals surface area contributed by atoms with Crippen LogP contribution in [-0.4, -0.2) is 19.0 Å². The van der Waals surface area contributed by atoms with E-state index < -0.39 is 16.3 Å². The average Bonchev–Trinajstić information content (AvgIpc) is 3.04. The SMILES string of the molecule is C=C1c2ccccc2OC1N(Cc1ccccc1)S(=O)(=O)c1ccc(C)cc1. The van der Waals surface area contributed by atoms with Crippen LogP contribution < -0.4 is 4.74 Å². The third kappa shape index (κ3) is 3.35. The second-order valence-electron chi connectivity index (χ2n) is 6.84. The van der Waals surface area contributed by atoms with E-state index >= 15 is 0 Å². The highest BCUT2D eigenvalue weighted by atomic mass is 32.2. The normalized spacial score (nSPS) is 16.1. The highest BCUT2D eigenvalue weighted by Gasteiger charge is 2.39. The number of sulfonamides is 1. The number of nitrogens with zero attached hydrogens (tertiary/aromatic N) is 1. The number of ether oxygens (including phenoxy) is 1. The Morgan fingerprint density at radius 3 is 2.25 bits per heavy atom. The molecule has 1 aliphatic heterocycles. The molecule has 0 amide bonds. The number of hydrogen-bond donors (Lipinski definition) is 0. The standard InChI is InChI=1S/C23H21NO3S/c1-17-12-14-20(15-13-17)28(25,26)24(16-19-8-4-3-5-9-19)23-18(2)21-10-6-7-11-22(21)27-23/h3-15,23H,2,16H2,1H3. The molecule has 0 saturated heterocycles. The van der Waals surface area contributed by atoms with E-state index in [1.165, 1.54) is 4.31 Å². The van der Waals surface area contributed by atoms with Crippen LogP contribution in [0.3, 0.4) is 0 Å². The molecule has 1 aliphatic rings. The first-order valence-corrected chi connectivity index (χ1v) is 10.5. The van der Waals surface area contributed by atoms with E-state index in [-0.39, 0.29) is 11.4 Å². The molecule has 3 aromatic carbocycles. The Kier molecular flexibility index (Phi) is 4.79. The summed E-state index contributed by atoms with van der Waals surface area (Å²) in [7, 11) is -3.80. The van der Waals surface area contributed by atoms with Gasteiger partial charge in [-0.1, -0.05) is 72.8 Å². The van der Waals surface area contributed by atoms with Gasteiger partial charge in [-0.3, -0.25) is 0 Å². The Bertz CT molecular complexity index is 1110. The van der Waals surface area contributed by atoms with E-state index in [4.69, 9.17) is 4.74 Å². The molecule has 0 saturated carbocycles. The summed E-state index contributed by atoms with van der Waals surface area (Å²) in [5.74, 6) is 0.648. The monoisotopic (exact) mass is 391 g/mol. The summed E-state index contributed by atoms with van der Waals surface area (Å²) in [5.41, 5.74) is 3.36. The Morgan fingerprint density at radius 2 is 1.57 bits per heavy atom. The smallest absolute Gasteiger partial charge is 0.246 e. The maximum Gasteiger partial charge on any atom is 0.246 e. The summed E-state index contributed by atoms with van der Waals surface area (Å²) in [4.78, 5) is 0.237. The molecule has 0 aromatic heterocycles. The van der Waals surface area contributed by atoms with E-state index in [1.807, 2.05) is 61.5 Å². The zero-order valence-electron chi connectivity index (χ0n) is 15.6. The molecule has 3 aromatic rings. The van der Waals surface area contributed by atoms with Crippen molar-refractivity contribution in [3.63, 3.8) is 0 Å². The summed E-state index contributed by atoms with van der Waals surface area (Å²) in [6.45, 7) is 6.25. The highest BCUT2D eigenvalue weighted by molar-refractivity contribution is 7.89. The zero-order chi connectivity index (χ0) is 19.7. The van der Waals surface area contributed by atoms with Crippen LogP contribution in [0.15, 0.2) is 90.3 Å². The van der Waals surface area contributed by atoms with Gasteiger partial charge in [-0.25, -0.2) is 8.42 Å². The van der Waals surface area contributed by atoms with Crippen molar-refractivity contribution in [2.45, 2.75) is 24.6 Å². The first-order valence-electron chi connectivity index (χ1n) is 9.04. The second-order valence-corrected chi connectivity index (χ2v) is 8.73. The molecule has 28 heavy (non-hydrogen) atoms. The Hall–Kier alpha value is -2.89. The fraction of sp³-hybridized carbons (Fsp3) is 0.130. The second kappa shape index (κ2) is 7.26. The lowest BCUT2D eigenvalue weighted by Gasteiger charge is -2.28. The number of fused-ring (bicyclic) bond motifs is 1. The van der Waals surface area contributed by atoms with Crippen LogP contribution in [0, 0.1) is 6.92 Å². The summed E-state index contributed by atoms with van der Waals surface area (Å²) >= 11 is 0. The fourth-order valence-corrected chi connectivity index (χ4v) is 4.79. The van der Waals surface area contributed by atoms with Gasteiger partial charge in [-0.2, -0.15) is 4.31 Å². The molecule has 0 spiro atoms. The molecule has 4 rings (SSSR count). The average molecular weight is 391 g/mol. The Morgan fingerprint density at radius 1 is 0.929 bits per heavy atom. The zero-order valence-corrected chi connectivity index (χ0v) is 16.4. The van der Waals surface area contributed by atoms with Gasteiger partial charge in [-0.15, -0.1) is 0 Å². The van der Waals surface area contributed by atoms with Gasteiger partial charge in [-0.05, 0) is 30.7 Å². The molecule has 142 valence electrons. The molecule has 4 nitrogen and oxygen atoms in total. The first kappa shape index (κ1) is 18.5. The summed E-state index contributed by atoms with van der Waals surface area (Å²) in [6, 6.07) is 23.9. The van der Waals surface area contributed by atoms with Crippen LogP contribution in [0.2, 0.25) is 0 Å². The number of aryl methyl sites for hydroxylation is 1. The van der Waals surface area contributed by atoms with E-state index in [2.05, 4.69) is 6.58 Å². The van der Waals surface area contributed by atoms with Crippen molar-refractivity contribution >= 4 is 15.6 Å². The molecule has 1 atom stereocenters. The molecule has 1 unspecified atom stereocenters. The van der Waals surface area contributed by atoms with Crippen molar-refractivity contribution in [1.82, 2.24) is 4.31 Å². The van der Waals surface area contributed by atoms with Gasteiger partial charge in [0.1, 0.15) is 5.75 Å². The predicted molar refractivity (Wildman–Crippen MR) is 110 cm³/mol. The van der Waals surface area contributed by atoms with Crippen molar-refractivity contribution in [2.24, 2.45) is 0 Å². The minimum Gasteiger partial charge on any atom is -0.469 e. The number of benzene rings is 3. The van der Waals surface area contributed by atoms with Gasteiger partial charge in [0, 0.05) is 17.7 Å². The van der Waals surface area contributed by atoms with Crippen LogP contribution in [0.25, 0.3) is 5.57 Å². The van der Waals surface area contributed by atoms with E-state index in [9.17, 15) is 8.42 Å². The maximum absolute atomic E-state index is 13.5. The number of hydrogen-bond acceptors (Lipinski definition) is 3. The van der Waals surface area contributed by atoms with Crippen LogP contribution >= 0.6 is 0 Å². The van der Waals surface area contributed by atoms with Crippen molar-refractivity contribution < 1.29 is 13.2 Å². The van der Waals surface area contributed by atoms with Crippen LogP contribution in [0.5, 0.6) is 5.75 Å². The molecule has 0 N–H and O–H groups in total. The van der Waals surface area contributed by atoms with Gasteiger partial charge in [0.05, 0.1) is 4.90 Å². The van der Waals surface area contributed by atoms with Crippen LogP contribution in [0.4, 0.5) is 0 Å². The molecule has 0 bridgehead atoms. The summed E-state index contributed by atoms with van der Waals surface area (Å²) in [5, 5.41) is 0. The number of para-hydroxylation sites is 1. The summed E-state index contributed by atoms with van der Waals surface area (Å²) < 4.78 is 34.5. The van der Waals surface area contributed by atoms with Gasteiger partial charge in [0.2, 0.25) is 10.0 Å². The lowest BCUT2D eigenvalue weighted by Crippen LogP contribution is -2.41. The highest BCUT2D eigenvalue weighted by Crippen LogP contribution is 2.39. The minimum atomic E-state index is -3.80. The van der Waals surface area contributed by atoms with Gasteiger partial charge in [0.25, 0.3) is 0 Å². The van der Waals surface area contributed by atoms with Gasteiger partial charge >= 0.3 is 0 Å². The van der Waals surface area contributed by atoms with Crippen molar-refractivity contribution in [3.05, 3.63) is 102 Å². The van der Waals surface area contributed by atoms with Crippen LogP contribution in [-0.2, 0) is 16.6 Å². The predicted octanol–water partition coefficient (Wildman–Crippen LogP) is 4.62. The van der Waals surface area contributed by atoms with Gasteiger partial charge in [0.15, 0.2) is 6.23 Å². The topological polar surface area (TPSA) is 46.6 Å². The van der Waals surface area contributed by atoms with Crippen LogP contribution in [0.1, 0.15) is 16.7 Å². The Labute approximate surface area is 165 Å². The fourth-order valence-electron chi connectivity index (χ4n) is 3.29. The molecular formula is C23H21NO3S. The summed E-state index contributed by atoms with van der Waals surface area (Å²) in [6.07, 6.45) is -0.788. The quantitative estimate of drug-likeness (QED) is 0.638. The molecule has 5 heteroatoms. The maximum atomic E-state index is 13.5. The molecule has 0 aliphatic carbocycles. The van der Waals surface area contributed by atoms with Crippen molar-refractivity contribution in [1.29, 1.82) is 0 Å². The largest absolute Gasteiger partial charge is 0.469 e. The van der Waals surface area contributed by atoms with Crippen molar-refractivity contribution in [3.8, 4) is 5.75 Å². The lowest BCUT2D eigenvalue weighted by molar-refractivity contribution is 0.147. The Balaban J connectivity index is 1.77. The minimum absolute atomic E-state index is 0.189. The third-order valence-electron chi connectivity index (χ3n) is 4.84. The van der Waals surface area contributed by atoms with Gasteiger partial charge < -0.3 is 4.74 Å². The molecular weight excluding hydrogens is 370 g/mol. The molecule has 0 radical (unpaired) electrons. The molecule has 1 heterocycles. The van der Waals surface area contributed by atoms with Crippen molar-refractivity contribution in [2.75, 3.05) is 0 Å². The lowest BCUT2D eigenvalue weighted by atomic mass is 10.1. The molecule has 0 fully saturated rings. The van der Waals surface area contributed by atoms with E-state index in [1.54, 1.807) is 24.3 Å². The van der Waals surface area contributed by atoms with E-state index in [0.717, 1.165) is 16.7 Å². The first-order chi connectivity index (χ1) is 13.5. The number of rotatable bonds is 5.